The first kappa shape index (κ1) is 21.1. The van der Waals surface area contributed by atoms with Crippen molar-refractivity contribution in [2.45, 2.75) is 20.3 Å². The van der Waals surface area contributed by atoms with E-state index >= 15 is 0 Å². The van der Waals surface area contributed by atoms with Gasteiger partial charge in [0.1, 0.15) is 0 Å². The number of hydrogen-bond donors (Lipinski definition) is 1. The van der Waals surface area contributed by atoms with E-state index in [2.05, 4.69) is 17.5 Å². The SMILES string of the molecule is Cc1ccc(NC(=O)COC(=O)c2ccc(N3C(=O)[C@@H]4[C@H](C3=O)[C@H]3C=C[C@H]4C3)cc2)cc1C. The van der Waals surface area contributed by atoms with Crippen LogP contribution in [0.4, 0.5) is 11.4 Å². The molecule has 0 aromatic heterocycles. The number of nitrogens with zero attached hydrogens (tertiary/aromatic N) is 1. The average Bonchev–Trinajstić information content (AvgIpc) is 3.48. The molecule has 1 heterocycles. The number of fused-ring (bicyclic) bond motifs is 5. The predicted octanol–water partition coefficient (Wildman–Crippen LogP) is 3.41. The van der Waals surface area contributed by atoms with Crippen LogP contribution in [0.2, 0.25) is 0 Å². The van der Waals surface area contributed by atoms with Crippen molar-refractivity contribution in [1.82, 2.24) is 0 Å². The number of hydrogen-bond acceptors (Lipinski definition) is 5. The zero-order valence-corrected chi connectivity index (χ0v) is 18.4. The number of anilines is 2. The van der Waals surface area contributed by atoms with Crippen LogP contribution in [0.3, 0.4) is 0 Å². The van der Waals surface area contributed by atoms with Gasteiger partial charge in [-0.3, -0.25) is 19.3 Å². The van der Waals surface area contributed by atoms with E-state index in [9.17, 15) is 19.2 Å². The van der Waals surface area contributed by atoms with Gasteiger partial charge < -0.3 is 10.1 Å². The van der Waals surface area contributed by atoms with E-state index in [1.165, 1.54) is 17.0 Å². The second kappa shape index (κ2) is 7.99. The molecule has 2 aromatic rings. The third-order valence-electron chi connectivity index (χ3n) is 6.96. The zero-order valence-electron chi connectivity index (χ0n) is 18.4. The summed E-state index contributed by atoms with van der Waals surface area (Å²) in [5.41, 5.74) is 3.48. The topological polar surface area (TPSA) is 92.8 Å². The van der Waals surface area contributed by atoms with Crippen LogP contribution in [0.15, 0.2) is 54.6 Å². The molecule has 1 saturated carbocycles. The van der Waals surface area contributed by atoms with Crippen LogP contribution in [0, 0.1) is 37.5 Å². The van der Waals surface area contributed by atoms with Gasteiger partial charge in [-0.05, 0) is 79.6 Å². The summed E-state index contributed by atoms with van der Waals surface area (Å²) in [6.07, 6.45) is 4.98. The highest BCUT2D eigenvalue weighted by Gasteiger charge is 2.59. The lowest BCUT2D eigenvalue weighted by atomic mass is 9.85. The standard InChI is InChI=1S/C26H24N2O5/c1-14-3-8-19(11-15(14)2)27-21(29)13-33-26(32)16-6-9-20(10-7-16)28-24(30)22-17-4-5-18(12-17)23(22)25(28)31/h3-11,17-18,22-23H,12-13H2,1-2H3,(H,27,29)/t17-,18-,22-,23+/m0/s1. The largest absolute Gasteiger partial charge is 0.452 e. The molecule has 7 nitrogen and oxygen atoms in total. The Labute approximate surface area is 191 Å². The van der Waals surface area contributed by atoms with E-state index in [-0.39, 0.29) is 41.0 Å². The molecule has 0 radical (unpaired) electrons. The van der Waals surface area contributed by atoms with Gasteiger partial charge in [-0.2, -0.15) is 0 Å². The van der Waals surface area contributed by atoms with Gasteiger partial charge in [0, 0.05) is 5.69 Å². The van der Waals surface area contributed by atoms with E-state index in [1.54, 1.807) is 18.2 Å². The molecule has 7 heteroatoms. The van der Waals surface area contributed by atoms with E-state index in [4.69, 9.17) is 4.74 Å². The molecule has 1 saturated heterocycles. The summed E-state index contributed by atoms with van der Waals surface area (Å²) in [4.78, 5) is 51.5. The maximum atomic E-state index is 12.9. The summed E-state index contributed by atoms with van der Waals surface area (Å²) in [5, 5.41) is 2.70. The number of benzene rings is 2. The third-order valence-corrected chi connectivity index (χ3v) is 6.96. The van der Waals surface area contributed by atoms with Gasteiger partial charge in [-0.25, -0.2) is 4.79 Å². The third kappa shape index (κ3) is 3.63. The molecule has 3 aliphatic rings. The molecule has 2 bridgehead atoms. The summed E-state index contributed by atoms with van der Waals surface area (Å²) < 4.78 is 5.11. The lowest BCUT2D eigenvalue weighted by molar-refractivity contribution is -0.123. The van der Waals surface area contributed by atoms with Gasteiger partial charge >= 0.3 is 5.97 Å². The summed E-state index contributed by atoms with van der Waals surface area (Å²) in [6, 6.07) is 11.7. The lowest BCUT2D eigenvalue weighted by Crippen LogP contribution is -2.32. The molecule has 1 aliphatic heterocycles. The van der Waals surface area contributed by atoms with Crippen molar-refractivity contribution in [2.24, 2.45) is 23.7 Å². The molecule has 0 unspecified atom stereocenters. The van der Waals surface area contributed by atoms with Gasteiger partial charge in [0.2, 0.25) is 11.8 Å². The number of esters is 1. The fraction of sp³-hybridized carbons (Fsp3) is 0.308. The minimum absolute atomic E-state index is 0.144. The van der Waals surface area contributed by atoms with E-state index < -0.39 is 18.5 Å². The smallest absolute Gasteiger partial charge is 0.338 e. The van der Waals surface area contributed by atoms with Crippen molar-refractivity contribution in [2.75, 3.05) is 16.8 Å². The van der Waals surface area contributed by atoms with Crippen LogP contribution in [0.5, 0.6) is 0 Å². The predicted molar refractivity (Wildman–Crippen MR) is 121 cm³/mol. The number of amides is 3. The van der Waals surface area contributed by atoms with Gasteiger partial charge in [0.05, 0.1) is 23.1 Å². The second-order valence-electron chi connectivity index (χ2n) is 8.98. The Balaban J connectivity index is 1.20. The van der Waals surface area contributed by atoms with Gasteiger partial charge in [-0.1, -0.05) is 18.2 Å². The fourth-order valence-corrected chi connectivity index (χ4v) is 5.13. The fourth-order valence-electron chi connectivity index (χ4n) is 5.13. The van der Waals surface area contributed by atoms with E-state index in [0.29, 0.717) is 11.4 Å². The van der Waals surface area contributed by atoms with Crippen LogP contribution in [0.1, 0.15) is 27.9 Å². The van der Waals surface area contributed by atoms with Crippen LogP contribution < -0.4 is 10.2 Å². The molecule has 0 spiro atoms. The van der Waals surface area contributed by atoms with Crippen LogP contribution >= 0.6 is 0 Å². The first-order valence-corrected chi connectivity index (χ1v) is 11.0. The molecule has 5 rings (SSSR count). The van der Waals surface area contributed by atoms with Crippen molar-refractivity contribution < 1.29 is 23.9 Å². The Hall–Kier alpha value is -3.74. The summed E-state index contributed by atoms with van der Waals surface area (Å²) >= 11 is 0. The minimum Gasteiger partial charge on any atom is -0.452 e. The summed E-state index contributed by atoms with van der Waals surface area (Å²) in [7, 11) is 0. The van der Waals surface area contributed by atoms with Gasteiger partial charge in [0.15, 0.2) is 6.61 Å². The molecule has 1 N–H and O–H groups in total. The average molecular weight is 444 g/mol. The number of rotatable bonds is 5. The van der Waals surface area contributed by atoms with Crippen LogP contribution in [0.25, 0.3) is 0 Å². The van der Waals surface area contributed by atoms with Crippen molar-refractivity contribution in [1.29, 1.82) is 0 Å². The number of carbonyl (C=O) groups excluding carboxylic acids is 4. The molecule has 168 valence electrons. The number of ether oxygens (including phenoxy) is 1. The number of aryl methyl sites for hydroxylation is 2. The van der Waals surface area contributed by atoms with Gasteiger partial charge in [-0.15, -0.1) is 0 Å². The maximum Gasteiger partial charge on any atom is 0.338 e. The Morgan fingerprint density at radius 3 is 2.18 bits per heavy atom. The van der Waals surface area contributed by atoms with Crippen molar-refractivity contribution >= 4 is 35.1 Å². The molecular weight excluding hydrogens is 420 g/mol. The first-order chi connectivity index (χ1) is 15.8. The minimum atomic E-state index is -0.657. The summed E-state index contributed by atoms with van der Waals surface area (Å²) in [6.45, 7) is 3.51. The van der Waals surface area contributed by atoms with Gasteiger partial charge in [0.25, 0.3) is 5.91 Å². The number of allylic oxidation sites excluding steroid dienone is 2. The number of nitrogens with one attached hydrogen (secondary N) is 1. The Kier molecular flexibility index (Phi) is 5.12. The summed E-state index contributed by atoms with van der Waals surface area (Å²) in [5.74, 6) is -1.68. The normalized spacial score (nSPS) is 24.8. The zero-order chi connectivity index (χ0) is 23.3. The lowest BCUT2D eigenvalue weighted by Gasteiger charge is -2.17. The maximum absolute atomic E-state index is 12.9. The molecule has 3 amide bonds. The highest BCUT2D eigenvalue weighted by molar-refractivity contribution is 6.22. The Morgan fingerprint density at radius 1 is 0.939 bits per heavy atom. The quantitative estimate of drug-likeness (QED) is 0.433. The molecule has 33 heavy (non-hydrogen) atoms. The molecular formula is C26H24N2O5. The number of imide groups is 1. The van der Waals surface area contributed by atoms with Crippen molar-refractivity contribution in [3.63, 3.8) is 0 Å². The second-order valence-corrected chi connectivity index (χ2v) is 8.98. The molecule has 2 aromatic carbocycles. The van der Waals surface area contributed by atoms with E-state index in [0.717, 1.165) is 17.5 Å². The molecule has 2 aliphatic carbocycles. The van der Waals surface area contributed by atoms with Crippen LogP contribution in [-0.4, -0.2) is 30.3 Å². The molecule has 2 fully saturated rings. The van der Waals surface area contributed by atoms with Crippen LogP contribution in [-0.2, 0) is 19.1 Å². The van der Waals surface area contributed by atoms with Crippen molar-refractivity contribution in [3.05, 3.63) is 71.3 Å². The van der Waals surface area contributed by atoms with Crippen molar-refractivity contribution in [3.8, 4) is 0 Å². The first-order valence-electron chi connectivity index (χ1n) is 11.0. The molecule has 4 atom stereocenters. The monoisotopic (exact) mass is 444 g/mol. The van der Waals surface area contributed by atoms with E-state index in [1.807, 2.05) is 26.0 Å². The highest BCUT2D eigenvalue weighted by atomic mass is 16.5. The highest BCUT2D eigenvalue weighted by Crippen LogP contribution is 2.53. The number of carbonyl (C=O) groups is 4. The Bertz CT molecular complexity index is 1170. The Morgan fingerprint density at radius 2 is 1.58 bits per heavy atom.